The van der Waals surface area contributed by atoms with E-state index >= 15 is 0 Å². The average molecular weight is 154 g/mol. The summed E-state index contributed by atoms with van der Waals surface area (Å²) in [5, 5.41) is 9.26. The molecule has 0 N–H and O–H groups in total. The molecule has 56 valence electrons. The molecule has 0 atom stereocenters. The summed E-state index contributed by atoms with van der Waals surface area (Å²) < 4.78 is 1.37. The molecule has 0 bridgehead atoms. The molecule has 0 unspecified atom stereocenters. The van der Waals surface area contributed by atoms with E-state index in [9.17, 15) is 9.90 Å². The number of carbonyl (C=O) groups is 1. The molecule has 0 aliphatic heterocycles. The second kappa shape index (κ2) is 12.0. The Hall–Kier alpha value is 0.236. The van der Waals surface area contributed by atoms with Crippen molar-refractivity contribution in [2.45, 2.75) is 37.7 Å². The van der Waals surface area contributed by atoms with Gasteiger partial charge in [-0.3, -0.25) is 0 Å². The molecule has 0 rings (SSSR count). The van der Waals surface area contributed by atoms with Crippen molar-refractivity contribution in [2.75, 3.05) is 0 Å². The fraction of sp³-hybridized carbons (Fsp3) is 0.857. The Bertz CT molecular complexity index is 72.0. The third kappa shape index (κ3) is 24.0. The van der Waals surface area contributed by atoms with Crippen LogP contribution in [0.4, 0.5) is 0 Å². The zero-order chi connectivity index (χ0) is 8.41. The summed E-state index contributed by atoms with van der Waals surface area (Å²) in [5.74, 6) is -0.995. The Morgan fingerprint density at radius 3 is 1.90 bits per heavy atom. The van der Waals surface area contributed by atoms with Gasteiger partial charge in [0.15, 0.2) is 0 Å². The van der Waals surface area contributed by atoms with E-state index in [-0.39, 0.29) is 6.42 Å². The fourth-order valence-electron chi connectivity index (χ4n) is 0.250. The van der Waals surface area contributed by atoms with Gasteiger partial charge in [-0.2, -0.15) is 0 Å². The molecule has 10 heavy (non-hydrogen) atoms. The van der Waals surface area contributed by atoms with Crippen molar-refractivity contribution < 1.29 is 9.90 Å². The Labute approximate surface area is 75.4 Å². The number of unbranched alkanes of at least 4 members (excludes halogenated alkanes) is 1. The predicted molar refractivity (Wildman–Crippen MR) is 40.8 cm³/mol. The van der Waals surface area contributed by atoms with Crippen molar-refractivity contribution in [3.8, 4) is 0 Å². The van der Waals surface area contributed by atoms with E-state index in [2.05, 4.69) is 6.92 Å². The van der Waals surface area contributed by atoms with E-state index in [1.165, 1.54) is 24.3 Å². The van der Waals surface area contributed by atoms with Crippen LogP contribution in [0.2, 0.25) is 4.55 Å². The first-order valence-electron chi connectivity index (χ1n) is 3.68. The zero-order valence-electron chi connectivity index (χ0n) is 6.85. The SMILES string of the molecule is CCC(=O)[O-].CCC[CH2][Mg+]. The van der Waals surface area contributed by atoms with Crippen LogP contribution in [0, 0.1) is 0 Å². The van der Waals surface area contributed by atoms with Gasteiger partial charge in [-0.1, -0.05) is 6.92 Å². The van der Waals surface area contributed by atoms with Gasteiger partial charge in [-0.15, -0.1) is 0 Å². The van der Waals surface area contributed by atoms with Crippen LogP contribution in [0.5, 0.6) is 0 Å². The van der Waals surface area contributed by atoms with E-state index < -0.39 is 5.97 Å². The van der Waals surface area contributed by atoms with Gasteiger partial charge in [-0.05, 0) is 6.42 Å². The van der Waals surface area contributed by atoms with E-state index in [1.54, 1.807) is 0 Å². The minimum absolute atomic E-state index is 0.111. The van der Waals surface area contributed by atoms with Gasteiger partial charge in [0.1, 0.15) is 0 Å². The maximum absolute atomic E-state index is 9.26. The van der Waals surface area contributed by atoms with Gasteiger partial charge < -0.3 is 9.90 Å². The standard InChI is InChI=1S/C4H9.C3H6O2.Mg/c1-3-4-2;1-2-3(4)5;/h1,3-4H2,2H3;2H2,1H3,(H,4,5);/q;;+1/p-1. The van der Waals surface area contributed by atoms with Crippen LogP contribution in [0.25, 0.3) is 0 Å². The number of hydrogen-bond acceptors (Lipinski definition) is 2. The molecule has 0 aromatic rings. The summed E-state index contributed by atoms with van der Waals surface area (Å²) in [6.07, 6.45) is 2.86. The van der Waals surface area contributed by atoms with Gasteiger partial charge in [0, 0.05) is 5.97 Å². The van der Waals surface area contributed by atoms with Gasteiger partial charge in [0.2, 0.25) is 0 Å². The minimum atomic E-state index is -0.995. The van der Waals surface area contributed by atoms with Crippen molar-refractivity contribution in [1.29, 1.82) is 0 Å². The van der Waals surface area contributed by atoms with Gasteiger partial charge >= 0.3 is 46.0 Å². The third-order valence-corrected chi connectivity index (χ3v) is 1.39. The van der Waals surface area contributed by atoms with Crippen LogP contribution in [0.15, 0.2) is 0 Å². The van der Waals surface area contributed by atoms with Crippen molar-refractivity contribution in [3.05, 3.63) is 0 Å². The number of carbonyl (C=O) groups excluding carboxylic acids is 1. The summed E-state index contributed by atoms with van der Waals surface area (Å²) in [5.41, 5.74) is 0. The molecule has 0 saturated carbocycles. The molecule has 0 aliphatic carbocycles. The van der Waals surface area contributed by atoms with Crippen molar-refractivity contribution in [3.63, 3.8) is 0 Å². The van der Waals surface area contributed by atoms with Gasteiger partial charge in [0.25, 0.3) is 0 Å². The van der Waals surface area contributed by atoms with Crippen LogP contribution in [0.1, 0.15) is 33.1 Å². The summed E-state index contributed by atoms with van der Waals surface area (Å²) in [7, 11) is 0. The molecule has 0 aromatic carbocycles. The quantitative estimate of drug-likeness (QED) is 0.556. The summed E-state index contributed by atoms with van der Waals surface area (Å²) in [4.78, 5) is 9.26. The number of rotatable bonds is 3. The Morgan fingerprint density at radius 1 is 1.50 bits per heavy atom. The normalized spacial score (nSPS) is 8.00. The molecule has 0 heterocycles. The molecular weight excluding hydrogens is 140 g/mol. The van der Waals surface area contributed by atoms with Gasteiger partial charge in [-0.25, -0.2) is 0 Å². The zero-order valence-corrected chi connectivity index (χ0v) is 8.27. The Kier molecular flexibility index (Phi) is 15.4. The maximum atomic E-state index is 9.26. The monoisotopic (exact) mass is 154 g/mol. The van der Waals surface area contributed by atoms with Gasteiger partial charge in [0.05, 0.1) is 0 Å². The van der Waals surface area contributed by atoms with Crippen LogP contribution in [-0.4, -0.2) is 27.7 Å². The van der Waals surface area contributed by atoms with Crippen molar-refractivity contribution >= 4 is 27.7 Å². The second-order valence-corrected chi connectivity index (χ2v) is 2.64. The first kappa shape index (κ1) is 12.9. The number of carboxylic acids is 1. The number of carboxylic acid groups (broad SMARTS) is 1. The third-order valence-electron chi connectivity index (χ3n) is 0.892. The average Bonchev–Trinajstić information content (AvgIpc) is 1.91. The molecule has 0 aromatic heterocycles. The fourth-order valence-corrected chi connectivity index (χ4v) is 0.750. The van der Waals surface area contributed by atoms with Crippen LogP contribution >= 0.6 is 0 Å². The topological polar surface area (TPSA) is 40.1 Å². The van der Waals surface area contributed by atoms with Crippen LogP contribution in [0.3, 0.4) is 0 Å². The van der Waals surface area contributed by atoms with Crippen molar-refractivity contribution in [1.82, 2.24) is 0 Å². The Morgan fingerprint density at radius 2 is 1.90 bits per heavy atom. The predicted octanol–water partition coefficient (Wildman–Crippen LogP) is 0.520. The molecule has 0 spiro atoms. The molecule has 2 nitrogen and oxygen atoms in total. The summed E-state index contributed by atoms with van der Waals surface area (Å²) >= 11 is 2.05. The molecule has 0 radical (unpaired) electrons. The molecule has 0 saturated heterocycles. The van der Waals surface area contributed by atoms with E-state index in [1.807, 2.05) is 21.7 Å². The van der Waals surface area contributed by atoms with E-state index in [4.69, 9.17) is 0 Å². The first-order valence-corrected chi connectivity index (χ1v) is 4.68. The summed E-state index contributed by atoms with van der Waals surface area (Å²) in [6.45, 7) is 3.75. The van der Waals surface area contributed by atoms with Crippen LogP contribution < -0.4 is 5.11 Å². The molecule has 3 heteroatoms. The molecule has 0 amide bonds. The van der Waals surface area contributed by atoms with Crippen molar-refractivity contribution in [2.24, 2.45) is 0 Å². The summed E-state index contributed by atoms with van der Waals surface area (Å²) in [6, 6.07) is 0. The van der Waals surface area contributed by atoms with E-state index in [0.29, 0.717) is 0 Å². The molecule has 0 aliphatic rings. The molecular formula is C7H14MgO2. The first-order chi connectivity index (χ1) is 4.68. The van der Waals surface area contributed by atoms with Crippen LogP contribution in [-0.2, 0) is 4.79 Å². The second-order valence-electron chi connectivity index (χ2n) is 1.93. The Balaban J connectivity index is 0. The van der Waals surface area contributed by atoms with E-state index in [0.717, 1.165) is 0 Å². The number of aliphatic carboxylic acids is 1. The molecule has 0 fully saturated rings. The number of hydrogen-bond donors (Lipinski definition) is 0.